The summed E-state index contributed by atoms with van der Waals surface area (Å²) in [5, 5.41) is 3.32. The van der Waals surface area contributed by atoms with Gasteiger partial charge in [0.25, 0.3) is 0 Å². The minimum absolute atomic E-state index is 0.0496. The molecule has 0 aliphatic carbocycles. The van der Waals surface area contributed by atoms with Crippen molar-refractivity contribution in [2.24, 2.45) is 0 Å². The van der Waals surface area contributed by atoms with Crippen molar-refractivity contribution in [3.63, 3.8) is 0 Å². The molecule has 1 aromatic carbocycles. The molecular weight excluding hydrogens is 336 g/mol. The molecular formula is C18H24N4O2S. The van der Waals surface area contributed by atoms with Crippen LogP contribution in [0.3, 0.4) is 0 Å². The highest BCUT2D eigenvalue weighted by Gasteiger charge is 2.32. The zero-order valence-electron chi connectivity index (χ0n) is 14.9. The summed E-state index contributed by atoms with van der Waals surface area (Å²) in [5.74, 6) is 1.70. The molecule has 3 rings (SSSR count). The zero-order chi connectivity index (χ0) is 18.0. The largest absolute Gasteiger partial charge is 0.340 e. The summed E-state index contributed by atoms with van der Waals surface area (Å²) in [6, 6.07) is 8.02. The normalized spacial score (nSPS) is 18.9. The maximum absolute atomic E-state index is 11.8. The average molecular weight is 360 g/mol. The van der Waals surface area contributed by atoms with Gasteiger partial charge in [-0.1, -0.05) is 6.07 Å². The van der Waals surface area contributed by atoms with E-state index in [1.54, 1.807) is 6.20 Å². The Morgan fingerprint density at radius 2 is 1.96 bits per heavy atom. The number of aryl methyl sites for hydroxylation is 2. The molecule has 134 valence electrons. The van der Waals surface area contributed by atoms with Crippen LogP contribution in [0.2, 0.25) is 0 Å². The summed E-state index contributed by atoms with van der Waals surface area (Å²) in [4.78, 5) is 10.9. The quantitative estimate of drug-likeness (QED) is 0.884. The summed E-state index contributed by atoms with van der Waals surface area (Å²) in [5.41, 5.74) is 3.35. The van der Waals surface area contributed by atoms with Crippen molar-refractivity contribution in [1.82, 2.24) is 9.97 Å². The van der Waals surface area contributed by atoms with E-state index in [1.807, 2.05) is 17.9 Å². The number of hydrogen-bond donors (Lipinski definition) is 1. The lowest BCUT2D eigenvalue weighted by Gasteiger charge is -2.27. The van der Waals surface area contributed by atoms with Crippen LogP contribution in [0.1, 0.15) is 24.5 Å². The van der Waals surface area contributed by atoms with Crippen LogP contribution in [0.4, 0.5) is 17.5 Å². The molecule has 0 saturated carbocycles. The predicted molar refractivity (Wildman–Crippen MR) is 101 cm³/mol. The summed E-state index contributed by atoms with van der Waals surface area (Å²) in [6.45, 7) is 6.79. The Morgan fingerprint density at radius 1 is 1.24 bits per heavy atom. The number of aromatic nitrogens is 2. The van der Waals surface area contributed by atoms with Gasteiger partial charge in [0.1, 0.15) is 5.82 Å². The molecule has 1 atom stereocenters. The molecule has 0 amide bonds. The lowest BCUT2D eigenvalue weighted by Crippen LogP contribution is -2.37. The molecule has 1 aliphatic heterocycles. The number of anilines is 3. The highest BCUT2D eigenvalue weighted by Crippen LogP contribution is 2.24. The first-order valence-corrected chi connectivity index (χ1v) is 10.3. The van der Waals surface area contributed by atoms with Gasteiger partial charge in [0.2, 0.25) is 5.95 Å². The topological polar surface area (TPSA) is 75.2 Å². The second kappa shape index (κ2) is 7.00. The van der Waals surface area contributed by atoms with Crippen molar-refractivity contribution in [3.05, 3.63) is 41.6 Å². The number of benzene rings is 1. The molecule has 6 nitrogen and oxygen atoms in total. The third kappa shape index (κ3) is 4.28. The van der Waals surface area contributed by atoms with Crippen LogP contribution in [-0.2, 0) is 9.84 Å². The first kappa shape index (κ1) is 17.7. The fourth-order valence-electron chi connectivity index (χ4n) is 3.34. The van der Waals surface area contributed by atoms with E-state index in [0.717, 1.165) is 5.69 Å². The van der Waals surface area contributed by atoms with Crippen LogP contribution in [-0.4, -0.2) is 42.5 Å². The third-order valence-electron chi connectivity index (χ3n) is 4.38. The standard InChI is InChI=1S/C18H24N4O2S/c1-4-22(16-6-8-25(23,24)12-16)18-19-7-5-17(21-18)20-15-10-13(2)9-14(3)11-15/h5,7,9-11,16H,4,6,8,12H2,1-3H3,(H,19,20,21). The van der Waals surface area contributed by atoms with E-state index in [4.69, 9.17) is 0 Å². The fourth-order valence-corrected chi connectivity index (χ4v) is 5.07. The van der Waals surface area contributed by atoms with Crippen molar-refractivity contribution in [2.75, 3.05) is 28.3 Å². The fraction of sp³-hybridized carbons (Fsp3) is 0.444. The van der Waals surface area contributed by atoms with E-state index < -0.39 is 9.84 Å². The van der Waals surface area contributed by atoms with Crippen LogP contribution >= 0.6 is 0 Å². The number of rotatable bonds is 5. The molecule has 1 saturated heterocycles. The van der Waals surface area contributed by atoms with Crippen LogP contribution in [0.5, 0.6) is 0 Å². The van der Waals surface area contributed by atoms with E-state index in [2.05, 4.69) is 47.3 Å². The van der Waals surface area contributed by atoms with E-state index >= 15 is 0 Å². The van der Waals surface area contributed by atoms with E-state index in [-0.39, 0.29) is 17.5 Å². The van der Waals surface area contributed by atoms with Gasteiger partial charge >= 0.3 is 0 Å². The van der Waals surface area contributed by atoms with Gasteiger partial charge in [-0.3, -0.25) is 0 Å². The van der Waals surface area contributed by atoms with E-state index in [0.29, 0.717) is 24.7 Å². The summed E-state index contributed by atoms with van der Waals surface area (Å²) >= 11 is 0. The van der Waals surface area contributed by atoms with E-state index in [1.165, 1.54) is 11.1 Å². The Bertz CT molecular complexity index is 847. The Morgan fingerprint density at radius 3 is 2.56 bits per heavy atom. The van der Waals surface area contributed by atoms with Gasteiger partial charge < -0.3 is 10.2 Å². The van der Waals surface area contributed by atoms with Gasteiger partial charge in [-0.15, -0.1) is 0 Å². The van der Waals surface area contributed by atoms with Crippen molar-refractivity contribution in [2.45, 2.75) is 33.2 Å². The minimum Gasteiger partial charge on any atom is -0.340 e. The summed E-state index contributed by atoms with van der Waals surface area (Å²) < 4.78 is 23.6. The second-order valence-corrected chi connectivity index (χ2v) is 8.81. The number of nitrogens with one attached hydrogen (secondary N) is 1. The molecule has 2 aromatic rings. The molecule has 1 unspecified atom stereocenters. The molecule has 1 aliphatic rings. The van der Waals surface area contributed by atoms with Crippen LogP contribution < -0.4 is 10.2 Å². The highest BCUT2D eigenvalue weighted by atomic mass is 32.2. The molecule has 0 bridgehead atoms. The van der Waals surface area contributed by atoms with Gasteiger partial charge in [0.05, 0.1) is 11.5 Å². The highest BCUT2D eigenvalue weighted by molar-refractivity contribution is 7.91. The van der Waals surface area contributed by atoms with Gasteiger partial charge in [0, 0.05) is 24.5 Å². The SMILES string of the molecule is CCN(c1nccc(Nc2cc(C)cc(C)c2)n1)C1CCS(=O)(=O)C1. The Labute approximate surface area is 149 Å². The maximum atomic E-state index is 11.8. The predicted octanol–water partition coefficient (Wildman–Crippen LogP) is 2.85. The number of nitrogens with zero attached hydrogens (tertiary/aromatic N) is 3. The van der Waals surface area contributed by atoms with Crippen molar-refractivity contribution in [1.29, 1.82) is 0 Å². The molecule has 2 heterocycles. The molecule has 1 fully saturated rings. The first-order chi connectivity index (χ1) is 11.9. The lowest BCUT2D eigenvalue weighted by atomic mass is 10.1. The van der Waals surface area contributed by atoms with Gasteiger partial charge in [-0.2, -0.15) is 4.98 Å². The van der Waals surface area contributed by atoms with Crippen LogP contribution in [0.15, 0.2) is 30.5 Å². The van der Waals surface area contributed by atoms with Gasteiger partial charge in [-0.05, 0) is 56.5 Å². The Hall–Kier alpha value is -2.15. The summed E-state index contributed by atoms with van der Waals surface area (Å²) in [6.07, 6.45) is 2.34. The Kier molecular flexibility index (Phi) is 4.94. The molecule has 1 N–H and O–H groups in total. The second-order valence-electron chi connectivity index (χ2n) is 6.59. The minimum atomic E-state index is -2.94. The molecule has 1 aromatic heterocycles. The van der Waals surface area contributed by atoms with Crippen molar-refractivity contribution < 1.29 is 8.42 Å². The molecule has 0 spiro atoms. The number of sulfone groups is 1. The number of hydrogen-bond acceptors (Lipinski definition) is 6. The average Bonchev–Trinajstić information content (AvgIpc) is 2.87. The first-order valence-electron chi connectivity index (χ1n) is 8.52. The van der Waals surface area contributed by atoms with Gasteiger partial charge in [0.15, 0.2) is 9.84 Å². The monoisotopic (exact) mass is 360 g/mol. The smallest absolute Gasteiger partial charge is 0.227 e. The van der Waals surface area contributed by atoms with Crippen LogP contribution in [0, 0.1) is 13.8 Å². The van der Waals surface area contributed by atoms with Crippen molar-refractivity contribution >= 4 is 27.3 Å². The molecule has 0 radical (unpaired) electrons. The summed E-state index contributed by atoms with van der Waals surface area (Å²) in [7, 11) is -2.94. The molecule has 7 heteroatoms. The zero-order valence-corrected chi connectivity index (χ0v) is 15.7. The van der Waals surface area contributed by atoms with Crippen LogP contribution in [0.25, 0.3) is 0 Å². The van der Waals surface area contributed by atoms with Crippen molar-refractivity contribution in [3.8, 4) is 0 Å². The van der Waals surface area contributed by atoms with E-state index in [9.17, 15) is 8.42 Å². The lowest BCUT2D eigenvalue weighted by molar-refractivity contribution is 0.599. The molecule has 25 heavy (non-hydrogen) atoms. The maximum Gasteiger partial charge on any atom is 0.227 e. The Balaban J connectivity index is 1.82. The third-order valence-corrected chi connectivity index (χ3v) is 6.13. The van der Waals surface area contributed by atoms with Gasteiger partial charge in [-0.25, -0.2) is 13.4 Å².